The molecule has 0 fully saturated rings. The van der Waals surface area contributed by atoms with Gasteiger partial charge in [-0.1, -0.05) is 6.92 Å². The predicted molar refractivity (Wildman–Crippen MR) is 59.6 cm³/mol. The number of alkyl halides is 2. The Morgan fingerprint density at radius 3 is 2.75 bits per heavy atom. The van der Waals surface area contributed by atoms with Crippen molar-refractivity contribution in [3.05, 3.63) is 16.5 Å². The molecule has 1 atom stereocenters. The average Bonchev–Trinajstić information content (AvgIpc) is 2.24. The Kier molecular flexibility index (Phi) is 5.01. The Hall–Kier alpha value is -0.820. The molecule has 0 bridgehead atoms. The standard InChI is InChI=1S/C9H12BrF2N3O/c1-2-7-14-6(10)3-8(15-7)13-4-5(16)9(11)12/h3,5,9,16H,2,4H2,1H3,(H,13,14,15). The van der Waals surface area contributed by atoms with E-state index in [0.717, 1.165) is 0 Å². The van der Waals surface area contributed by atoms with Crippen LogP contribution in [-0.2, 0) is 6.42 Å². The molecule has 1 aromatic heterocycles. The molecule has 1 rings (SSSR count). The summed E-state index contributed by atoms with van der Waals surface area (Å²) < 4.78 is 24.6. The first-order valence-corrected chi connectivity index (χ1v) is 5.55. The van der Waals surface area contributed by atoms with Crippen LogP contribution < -0.4 is 5.32 Å². The molecule has 0 saturated heterocycles. The third kappa shape index (κ3) is 3.97. The normalized spacial score (nSPS) is 12.9. The average molecular weight is 296 g/mol. The van der Waals surface area contributed by atoms with Crippen molar-refractivity contribution in [1.29, 1.82) is 0 Å². The number of nitrogens with one attached hydrogen (secondary N) is 1. The largest absolute Gasteiger partial charge is 0.385 e. The number of halogens is 3. The number of aliphatic hydroxyl groups excluding tert-OH is 1. The van der Waals surface area contributed by atoms with Gasteiger partial charge in [0.25, 0.3) is 6.43 Å². The number of hydrogen-bond acceptors (Lipinski definition) is 4. The second-order valence-electron chi connectivity index (χ2n) is 3.13. The summed E-state index contributed by atoms with van der Waals surface area (Å²) in [6.45, 7) is 1.64. The molecule has 0 spiro atoms. The lowest BCUT2D eigenvalue weighted by Crippen LogP contribution is -2.27. The Morgan fingerprint density at radius 2 is 2.19 bits per heavy atom. The van der Waals surface area contributed by atoms with Crippen molar-refractivity contribution in [3.63, 3.8) is 0 Å². The first kappa shape index (κ1) is 13.2. The van der Waals surface area contributed by atoms with Gasteiger partial charge in [-0.2, -0.15) is 0 Å². The molecular weight excluding hydrogens is 284 g/mol. The number of rotatable bonds is 5. The molecule has 0 amide bonds. The summed E-state index contributed by atoms with van der Waals surface area (Å²) in [4.78, 5) is 8.14. The molecule has 0 aromatic carbocycles. The summed E-state index contributed by atoms with van der Waals surface area (Å²) in [5.74, 6) is 1.02. The molecule has 90 valence electrons. The van der Waals surface area contributed by atoms with Crippen LogP contribution in [-0.4, -0.2) is 34.1 Å². The quantitative estimate of drug-likeness (QED) is 0.814. The Labute approximate surface area is 100 Å². The monoisotopic (exact) mass is 295 g/mol. The number of aliphatic hydroxyl groups is 1. The van der Waals surface area contributed by atoms with Gasteiger partial charge in [-0.05, 0) is 15.9 Å². The van der Waals surface area contributed by atoms with E-state index < -0.39 is 12.5 Å². The minimum absolute atomic E-state index is 0.246. The molecule has 0 saturated carbocycles. The minimum Gasteiger partial charge on any atom is -0.385 e. The molecule has 1 heterocycles. The molecule has 7 heteroatoms. The van der Waals surface area contributed by atoms with Gasteiger partial charge in [-0.15, -0.1) is 0 Å². The highest BCUT2D eigenvalue weighted by Gasteiger charge is 2.16. The van der Waals surface area contributed by atoms with Crippen LogP contribution in [0.5, 0.6) is 0 Å². The summed E-state index contributed by atoms with van der Waals surface area (Å²) in [5.41, 5.74) is 0. The van der Waals surface area contributed by atoms with Gasteiger partial charge in [0.2, 0.25) is 0 Å². The van der Waals surface area contributed by atoms with Gasteiger partial charge < -0.3 is 10.4 Å². The highest BCUT2D eigenvalue weighted by Crippen LogP contribution is 2.13. The van der Waals surface area contributed by atoms with Crippen LogP contribution in [0.4, 0.5) is 14.6 Å². The SMILES string of the molecule is CCc1nc(Br)cc(NCC(O)C(F)F)n1. The van der Waals surface area contributed by atoms with Crippen LogP contribution in [0.1, 0.15) is 12.7 Å². The van der Waals surface area contributed by atoms with Crippen LogP contribution in [0.3, 0.4) is 0 Å². The lowest BCUT2D eigenvalue weighted by Gasteiger charge is -2.11. The van der Waals surface area contributed by atoms with Gasteiger partial charge in [-0.3, -0.25) is 0 Å². The van der Waals surface area contributed by atoms with Crippen LogP contribution in [0, 0.1) is 0 Å². The number of aromatic nitrogens is 2. The van der Waals surface area contributed by atoms with Crippen molar-refractivity contribution in [2.75, 3.05) is 11.9 Å². The van der Waals surface area contributed by atoms with Crippen LogP contribution in [0.15, 0.2) is 10.7 Å². The van der Waals surface area contributed by atoms with E-state index in [4.69, 9.17) is 5.11 Å². The van der Waals surface area contributed by atoms with E-state index in [1.54, 1.807) is 6.07 Å². The van der Waals surface area contributed by atoms with E-state index in [2.05, 4.69) is 31.2 Å². The van der Waals surface area contributed by atoms with Crippen molar-refractivity contribution in [1.82, 2.24) is 9.97 Å². The van der Waals surface area contributed by atoms with E-state index >= 15 is 0 Å². The molecule has 1 aromatic rings. The number of aryl methyl sites for hydroxylation is 1. The first-order valence-electron chi connectivity index (χ1n) is 4.76. The van der Waals surface area contributed by atoms with E-state index in [9.17, 15) is 8.78 Å². The van der Waals surface area contributed by atoms with E-state index in [0.29, 0.717) is 22.7 Å². The molecule has 0 aliphatic carbocycles. The molecule has 4 nitrogen and oxygen atoms in total. The second kappa shape index (κ2) is 6.05. The Bertz CT molecular complexity index is 352. The highest BCUT2D eigenvalue weighted by molar-refractivity contribution is 9.10. The maximum absolute atomic E-state index is 12.0. The minimum atomic E-state index is -2.76. The zero-order chi connectivity index (χ0) is 12.1. The van der Waals surface area contributed by atoms with Gasteiger partial charge in [-0.25, -0.2) is 18.7 Å². The molecular formula is C9H12BrF2N3O. The van der Waals surface area contributed by atoms with Crippen molar-refractivity contribution >= 4 is 21.7 Å². The number of anilines is 1. The van der Waals surface area contributed by atoms with Crippen molar-refractivity contribution in [3.8, 4) is 0 Å². The van der Waals surface area contributed by atoms with E-state index in [1.165, 1.54) is 0 Å². The summed E-state index contributed by atoms with van der Waals surface area (Å²) in [7, 11) is 0. The van der Waals surface area contributed by atoms with Gasteiger partial charge in [0.1, 0.15) is 22.3 Å². The molecule has 0 radical (unpaired) electrons. The van der Waals surface area contributed by atoms with Gasteiger partial charge in [0.15, 0.2) is 0 Å². The third-order valence-corrected chi connectivity index (χ3v) is 2.25. The molecule has 0 aliphatic heterocycles. The highest BCUT2D eigenvalue weighted by atomic mass is 79.9. The zero-order valence-electron chi connectivity index (χ0n) is 8.62. The fraction of sp³-hybridized carbons (Fsp3) is 0.556. The van der Waals surface area contributed by atoms with Gasteiger partial charge >= 0.3 is 0 Å². The van der Waals surface area contributed by atoms with Crippen LogP contribution in [0.2, 0.25) is 0 Å². The van der Waals surface area contributed by atoms with Crippen LogP contribution >= 0.6 is 15.9 Å². The second-order valence-corrected chi connectivity index (χ2v) is 3.94. The number of hydrogen-bond donors (Lipinski definition) is 2. The Balaban J connectivity index is 2.63. The third-order valence-electron chi connectivity index (χ3n) is 1.84. The van der Waals surface area contributed by atoms with Gasteiger partial charge in [0, 0.05) is 19.0 Å². The van der Waals surface area contributed by atoms with Crippen molar-refractivity contribution in [2.24, 2.45) is 0 Å². The smallest absolute Gasteiger partial charge is 0.265 e. The molecule has 0 aliphatic rings. The van der Waals surface area contributed by atoms with Crippen LogP contribution in [0.25, 0.3) is 0 Å². The van der Waals surface area contributed by atoms with Gasteiger partial charge in [0.05, 0.1) is 0 Å². The zero-order valence-corrected chi connectivity index (χ0v) is 10.2. The summed E-state index contributed by atoms with van der Waals surface area (Å²) in [5, 5.41) is 11.5. The summed E-state index contributed by atoms with van der Waals surface area (Å²) >= 11 is 3.19. The lowest BCUT2D eigenvalue weighted by molar-refractivity contribution is 0.00380. The fourth-order valence-corrected chi connectivity index (χ4v) is 1.43. The van der Waals surface area contributed by atoms with Crippen molar-refractivity contribution < 1.29 is 13.9 Å². The maximum atomic E-state index is 12.0. The molecule has 2 N–H and O–H groups in total. The predicted octanol–water partition coefficient (Wildman–Crippen LogP) is 1.84. The topological polar surface area (TPSA) is 58.0 Å². The fourth-order valence-electron chi connectivity index (χ4n) is 1.01. The molecule has 1 unspecified atom stereocenters. The lowest BCUT2D eigenvalue weighted by atomic mass is 10.3. The van der Waals surface area contributed by atoms with E-state index in [1.807, 2.05) is 6.92 Å². The Morgan fingerprint density at radius 1 is 1.50 bits per heavy atom. The first-order chi connectivity index (χ1) is 7.52. The summed E-state index contributed by atoms with van der Waals surface area (Å²) in [6.07, 6.45) is -3.81. The maximum Gasteiger partial charge on any atom is 0.265 e. The number of nitrogens with zero attached hydrogens (tertiary/aromatic N) is 2. The van der Waals surface area contributed by atoms with Crippen molar-refractivity contribution in [2.45, 2.75) is 25.9 Å². The van der Waals surface area contributed by atoms with E-state index in [-0.39, 0.29) is 6.54 Å². The molecule has 16 heavy (non-hydrogen) atoms. The summed E-state index contributed by atoms with van der Waals surface area (Å²) in [6, 6.07) is 1.57.